The number of nitrogens with one attached hydrogen (secondary N) is 2. The molecule has 1 aromatic carbocycles. The average molecular weight is 432 g/mol. The topological polar surface area (TPSA) is 61.4 Å². The molecule has 9 heteroatoms. The zero-order chi connectivity index (χ0) is 21.1. The van der Waals surface area contributed by atoms with Crippen molar-refractivity contribution in [3.63, 3.8) is 0 Å². The molecule has 2 aliphatic rings. The van der Waals surface area contributed by atoms with Crippen molar-refractivity contribution in [3.8, 4) is 0 Å². The number of carbonyl (C=O) groups is 2. The van der Waals surface area contributed by atoms with E-state index in [2.05, 4.69) is 10.6 Å². The van der Waals surface area contributed by atoms with Gasteiger partial charge in [-0.05, 0) is 55.7 Å². The van der Waals surface area contributed by atoms with Crippen molar-refractivity contribution in [2.45, 2.75) is 51.1 Å². The summed E-state index contributed by atoms with van der Waals surface area (Å²) in [6.45, 7) is 2.38. The Kier molecular flexibility index (Phi) is 6.93. The van der Waals surface area contributed by atoms with Crippen molar-refractivity contribution in [2.24, 2.45) is 11.8 Å². The van der Waals surface area contributed by atoms with Crippen molar-refractivity contribution in [1.82, 2.24) is 15.5 Å². The minimum absolute atomic E-state index is 0.0606. The van der Waals surface area contributed by atoms with Crippen LogP contribution in [0.4, 0.5) is 18.0 Å². The van der Waals surface area contributed by atoms with Gasteiger partial charge < -0.3 is 15.5 Å². The number of hydrogen-bond acceptors (Lipinski definition) is 2. The lowest BCUT2D eigenvalue weighted by molar-refractivity contribution is -0.126. The molecule has 1 heterocycles. The van der Waals surface area contributed by atoms with E-state index in [-0.39, 0.29) is 29.2 Å². The molecule has 0 aromatic heterocycles. The number of rotatable bonds is 5. The second-order valence-electron chi connectivity index (χ2n) is 7.83. The number of benzene rings is 1. The minimum atomic E-state index is -2.36. The number of carbonyl (C=O) groups excluding carboxylic acids is 2. The van der Waals surface area contributed by atoms with Gasteiger partial charge in [-0.25, -0.2) is 18.0 Å². The number of urea groups is 1. The Hall–Kier alpha value is -1.96. The van der Waals surface area contributed by atoms with Gasteiger partial charge in [0, 0.05) is 19.5 Å². The van der Waals surface area contributed by atoms with E-state index in [1.165, 1.54) is 17.0 Å². The quantitative estimate of drug-likeness (QED) is 0.736. The second-order valence-corrected chi connectivity index (χ2v) is 8.23. The lowest BCUT2D eigenvalue weighted by atomic mass is 9.90. The number of alkyl halides is 2. The number of amides is 3. The van der Waals surface area contributed by atoms with Gasteiger partial charge >= 0.3 is 6.03 Å². The Bertz CT molecular complexity index is 764. The Morgan fingerprint density at radius 1 is 1.38 bits per heavy atom. The third kappa shape index (κ3) is 5.15. The van der Waals surface area contributed by atoms with Crippen LogP contribution in [0, 0.1) is 17.7 Å². The molecule has 1 saturated carbocycles. The van der Waals surface area contributed by atoms with Crippen LogP contribution in [0.1, 0.15) is 44.2 Å². The van der Waals surface area contributed by atoms with E-state index < -0.39 is 30.4 Å². The summed E-state index contributed by atoms with van der Waals surface area (Å²) >= 11 is 5.94. The molecule has 0 bridgehead atoms. The van der Waals surface area contributed by atoms with E-state index in [1.54, 1.807) is 13.0 Å². The van der Waals surface area contributed by atoms with Gasteiger partial charge in [0.25, 0.3) is 0 Å². The molecule has 1 aliphatic carbocycles. The van der Waals surface area contributed by atoms with Crippen molar-refractivity contribution < 1.29 is 22.8 Å². The molecule has 1 unspecified atom stereocenters. The first-order chi connectivity index (χ1) is 13.8. The normalized spacial score (nSPS) is 25.8. The fourth-order valence-electron chi connectivity index (χ4n) is 4.34. The first kappa shape index (κ1) is 21.7. The Balaban J connectivity index is 1.80. The van der Waals surface area contributed by atoms with E-state index in [4.69, 9.17) is 11.6 Å². The summed E-state index contributed by atoms with van der Waals surface area (Å²) in [6, 6.07) is 2.74. The highest BCUT2D eigenvalue weighted by Crippen LogP contribution is 2.42. The summed E-state index contributed by atoms with van der Waals surface area (Å²) < 4.78 is 39.2. The lowest BCUT2D eigenvalue weighted by Gasteiger charge is -2.35. The molecule has 0 spiro atoms. The van der Waals surface area contributed by atoms with Crippen molar-refractivity contribution in [1.29, 1.82) is 0 Å². The van der Waals surface area contributed by atoms with E-state index in [0.717, 1.165) is 0 Å². The van der Waals surface area contributed by atoms with Gasteiger partial charge in [0.15, 0.2) is 0 Å². The highest BCUT2D eigenvalue weighted by Gasteiger charge is 2.36. The number of hydrogen-bond donors (Lipinski definition) is 2. The molecule has 160 valence electrons. The SMILES string of the molecule is C[C@@H]1C(=O)NCCN1C(=O)NC(c1ccc(F)c(Cl)c1)[C@H]1CC[C@H](CC(F)F)C1. The molecule has 3 amide bonds. The Morgan fingerprint density at radius 2 is 2.14 bits per heavy atom. The van der Waals surface area contributed by atoms with Crippen LogP contribution in [0.15, 0.2) is 18.2 Å². The standard InChI is InChI=1S/C20H25ClF3N3O2/c1-11-19(28)25-6-7-27(11)20(29)26-18(14-4-5-16(22)15(21)10-14)13-3-2-12(8-13)9-17(23)24/h4-5,10-13,17-18H,2-3,6-9H2,1H3,(H,25,28)(H,26,29)/t11-,12+,13+,18?/m1/s1. The predicted octanol–water partition coefficient (Wildman–Crippen LogP) is 4.12. The molecule has 1 aliphatic heterocycles. The fourth-order valence-corrected chi connectivity index (χ4v) is 4.53. The second kappa shape index (κ2) is 9.24. The van der Waals surface area contributed by atoms with Gasteiger partial charge in [-0.1, -0.05) is 17.7 Å². The molecule has 29 heavy (non-hydrogen) atoms. The molecule has 4 atom stereocenters. The highest BCUT2D eigenvalue weighted by atomic mass is 35.5. The maximum atomic E-state index is 13.6. The zero-order valence-electron chi connectivity index (χ0n) is 16.1. The molecular weight excluding hydrogens is 407 g/mol. The molecule has 5 nitrogen and oxygen atoms in total. The highest BCUT2D eigenvalue weighted by molar-refractivity contribution is 6.30. The number of piperazine rings is 1. The van der Waals surface area contributed by atoms with Gasteiger partial charge in [0.2, 0.25) is 12.3 Å². The largest absolute Gasteiger partial charge is 0.353 e. The molecule has 2 N–H and O–H groups in total. The molecular formula is C20H25ClF3N3O2. The van der Waals surface area contributed by atoms with Crippen LogP contribution in [0.25, 0.3) is 0 Å². The summed E-state index contributed by atoms with van der Waals surface area (Å²) in [6.07, 6.45) is -0.656. The van der Waals surface area contributed by atoms with Gasteiger partial charge in [-0.3, -0.25) is 4.79 Å². The molecule has 1 aromatic rings. The first-order valence-corrected chi connectivity index (χ1v) is 10.2. The molecule has 0 radical (unpaired) electrons. The molecule has 3 rings (SSSR count). The summed E-state index contributed by atoms with van der Waals surface area (Å²) in [5.41, 5.74) is 0.626. The van der Waals surface area contributed by atoms with Crippen LogP contribution in [0.2, 0.25) is 5.02 Å². The minimum Gasteiger partial charge on any atom is -0.353 e. The summed E-state index contributed by atoms with van der Waals surface area (Å²) in [7, 11) is 0. The number of halogens is 4. The third-order valence-corrected chi connectivity index (χ3v) is 6.20. The van der Waals surface area contributed by atoms with Crippen molar-refractivity contribution >= 4 is 23.5 Å². The smallest absolute Gasteiger partial charge is 0.318 e. The van der Waals surface area contributed by atoms with Crippen molar-refractivity contribution in [3.05, 3.63) is 34.6 Å². The molecule has 1 saturated heterocycles. The van der Waals surface area contributed by atoms with E-state index in [1.807, 2.05) is 0 Å². The van der Waals surface area contributed by atoms with E-state index in [0.29, 0.717) is 37.9 Å². The lowest BCUT2D eigenvalue weighted by Crippen LogP contribution is -2.58. The van der Waals surface area contributed by atoms with Crippen LogP contribution in [0.3, 0.4) is 0 Å². The van der Waals surface area contributed by atoms with Crippen LogP contribution in [-0.2, 0) is 4.79 Å². The monoisotopic (exact) mass is 431 g/mol. The fraction of sp³-hybridized carbons (Fsp3) is 0.600. The van der Waals surface area contributed by atoms with Crippen LogP contribution >= 0.6 is 11.6 Å². The Morgan fingerprint density at radius 3 is 2.83 bits per heavy atom. The van der Waals surface area contributed by atoms with Crippen LogP contribution < -0.4 is 10.6 Å². The zero-order valence-corrected chi connectivity index (χ0v) is 16.9. The van der Waals surface area contributed by atoms with Crippen LogP contribution in [0.5, 0.6) is 0 Å². The van der Waals surface area contributed by atoms with Crippen molar-refractivity contribution in [2.75, 3.05) is 13.1 Å². The summed E-state index contributed by atoms with van der Waals surface area (Å²) in [5, 5.41) is 5.60. The third-order valence-electron chi connectivity index (χ3n) is 5.91. The predicted molar refractivity (Wildman–Crippen MR) is 103 cm³/mol. The van der Waals surface area contributed by atoms with Gasteiger partial charge in [0.1, 0.15) is 11.9 Å². The Labute approximate surface area is 173 Å². The molecule has 2 fully saturated rings. The average Bonchev–Trinajstić information content (AvgIpc) is 3.11. The van der Waals surface area contributed by atoms with E-state index in [9.17, 15) is 22.8 Å². The van der Waals surface area contributed by atoms with Gasteiger partial charge in [-0.2, -0.15) is 0 Å². The van der Waals surface area contributed by atoms with Crippen LogP contribution in [-0.4, -0.2) is 42.4 Å². The van der Waals surface area contributed by atoms with Gasteiger partial charge in [-0.15, -0.1) is 0 Å². The number of nitrogens with zero attached hydrogens (tertiary/aromatic N) is 1. The summed E-state index contributed by atoms with van der Waals surface area (Å²) in [4.78, 5) is 26.2. The maximum absolute atomic E-state index is 13.6. The maximum Gasteiger partial charge on any atom is 0.318 e. The summed E-state index contributed by atoms with van der Waals surface area (Å²) in [5.74, 6) is -0.984. The first-order valence-electron chi connectivity index (χ1n) is 9.84. The van der Waals surface area contributed by atoms with E-state index >= 15 is 0 Å². The van der Waals surface area contributed by atoms with Gasteiger partial charge in [0.05, 0.1) is 11.1 Å².